The van der Waals surface area contributed by atoms with Crippen LogP contribution in [0.1, 0.15) is 20.3 Å². The number of hydrogen-bond acceptors (Lipinski definition) is 2. The van der Waals surface area contributed by atoms with Crippen LogP contribution in [0, 0.1) is 0 Å². The molecule has 0 unspecified atom stereocenters. The first-order chi connectivity index (χ1) is 7.22. The fourth-order valence-corrected chi connectivity index (χ4v) is 1.34. The van der Waals surface area contributed by atoms with E-state index < -0.39 is 0 Å². The van der Waals surface area contributed by atoms with Gasteiger partial charge in [-0.3, -0.25) is 4.79 Å². The highest BCUT2D eigenvalue weighted by Crippen LogP contribution is 2.06. The highest BCUT2D eigenvalue weighted by Gasteiger charge is 2.08. The number of hydrogen-bond donors (Lipinski definition) is 1. The van der Waals surface area contributed by atoms with Crippen molar-refractivity contribution in [1.82, 2.24) is 0 Å². The lowest BCUT2D eigenvalue weighted by atomic mass is 10.2. The Morgan fingerprint density at radius 2 is 2.07 bits per heavy atom. The molecule has 0 saturated heterocycles. The molecular formula is C12H17NO2. The second-order valence-corrected chi connectivity index (χ2v) is 3.38. The average molecular weight is 207 g/mol. The van der Waals surface area contributed by atoms with Crippen molar-refractivity contribution < 1.29 is 9.53 Å². The maximum atomic E-state index is 11.5. The minimum Gasteiger partial charge on any atom is -0.378 e. The monoisotopic (exact) mass is 207 g/mol. The van der Waals surface area contributed by atoms with Crippen molar-refractivity contribution in [3.63, 3.8) is 0 Å². The lowest BCUT2D eigenvalue weighted by Gasteiger charge is -2.11. The SMILES string of the molecule is CCO[C@H](C)CC(=O)Nc1ccccc1. The van der Waals surface area contributed by atoms with Gasteiger partial charge in [0, 0.05) is 12.3 Å². The predicted molar refractivity (Wildman–Crippen MR) is 60.8 cm³/mol. The number of para-hydroxylation sites is 1. The van der Waals surface area contributed by atoms with Crippen molar-refractivity contribution in [2.75, 3.05) is 11.9 Å². The minimum absolute atomic E-state index is 0.0119. The van der Waals surface area contributed by atoms with Crippen LogP contribution in [0.15, 0.2) is 30.3 Å². The molecule has 0 fully saturated rings. The molecule has 82 valence electrons. The maximum Gasteiger partial charge on any atom is 0.226 e. The van der Waals surface area contributed by atoms with E-state index in [0.29, 0.717) is 13.0 Å². The van der Waals surface area contributed by atoms with Gasteiger partial charge in [0.05, 0.1) is 12.5 Å². The summed E-state index contributed by atoms with van der Waals surface area (Å²) in [5.74, 6) is -0.0119. The Morgan fingerprint density at radius 3 is 2.67 bits per heavy atom. The third-order valence-electron chi connectivity index (χ3n) is 1.98. The summed E-state index contributed by atoms with van der Waals surface area (Å²) in [7, 11) is 0. The Bertz CT molecular complexity index is 298. The highest BCUT2D eigenvalue weighted by molar-refractivity contribution is 5.90. The molecule has 1 amide bonds. The van der Waals surface area contributed by atoms with Gasteiger partial charge >= 0.3 is 0 Å². The van der Waals surface area contributed by atoms with Crippen molar-refractivity contribution in [2.24, 2.45) is 0 Å². The number of anilines is 1. The molecule has 15 heavy (non-hydrogen) atoms. The van der Waals surface area contributed by atoms with Gasteiger partial charge < -0.3 is 10.1 Å². The molecule has 1 aromatic rings. The van der Waals surface area contributed by atoms with Crippen molar-refractivity contribution in [3.05, 3.63) is 30.3 Å². The molecule has 0 aliphatic heterocycles. The number of rotatable bonds is 5. The van der Waals surface area contributed by atoms with Crippen molar-refractivity contribution in [2.45, 2.75) is 26.4 Å². The fourth-order valence-electron chi connectivity index (χ4n) is 1.34. The van der Waals surface area contributed by atoms with Crippen LogP contribution in [0.25, 0.3) is 0 Å². The molecule has 0 bridgehead atoms. The molecule has 3 nitrogen and oxygen atoms in total. The zero-order chi connectivity index (χ0) is 11.1. The van der Waals surface area contributed by atoms with E-state index in [1.54, 1.807) is 0 Å². The third-order valence-corrected chi connectivity index (χ3v) is 1.98. The fraction of sp³-hybridized carbons (Fsp3) is 0.417. The summed E-state index contributed by atoms with van der Waals surface area (Å²) in [6.07, 6.45) is 0.363. The molecule has 0 aliphatic rings. The summed E-state index contributed by atoms with van der Waals surface area (Å²) in [6, 6.07) is 9.42. The molecule has 0 saturated carbocycles. The summed E-state index contributed by atoms with van der Waals surface area (Å²) in [5, 5.41) is 2.81. The molecule has 0 aliphatic carbocycles. The lowest BCUT2D eigenvalue weighted by Crippen LogP contribution is -2.19. The molecule has 0 heterocycles. The highest BCUT2D eigenvalue weighted by atomic mass is 16.5. The number of nitrogens with one attached hydrogen (secondary N) is 1. The van der Waals surface area contributed by atoms with E-state index in [2.05, 4.69) is 5.32 Å². The third kappa shape index (κ3) is 4.61. The zero-order valence-corrected chi connectivity index (χ0v) is 9.19. The average Bonchev–Trinajstić information content (AvgIpc) is 2.19. The number of amides is 1. The van der Waals surface area contributed by atoms with Crippen LogP contribution in [0.5, 0.6) is 0 Å². The quantitative estimate of drug-likeness (QED) is 0.805. The van der Waals surface area contributed by atoms with Gasteiger partial charge in [-0.15, -0.1) is 0 Å². The van der Waals surface area contributed by atoms with Crippen LogP contribution in [0.4, 0.5) is 5.69 Å². The predicted octanol–water partition coefficient (Wildman–Crippen LogP) is 2.44. The van der Waals surface area contributed by atoms with Crippen LogP contribution < -0.4 is 5.32 Å². The van der Waals surface area contributed by atoms with Crippen molar-refractivity contribution in [1.29, 1.82) is 0 Å². The van der Waals surface area contributed by atoms with E-state index in [9.17, 15) is 4.79 Å². The molecule has 1 rings (SSSR count). The van der Waals surface area contributed by atoms with Crippen LogP contribution in [0.2, 0.25) is 0 Å². The van der Waals surface area contributed by atoms with E-state index in [-0.39, 0.29) is 12.0 Å². The number of ether oxygens (including phenoxy) is 1. The van der Waals surface area contributed by atoms with Crippen LogP contribution in [-0.2, 0) is 9.53 Å². The Labute approximate surface area is 90.4 Å². The van der Waals surface area contributed by atoms with Crippen LogP contribution in [0.3, 0.4) is 0 Å². The van der Waals surface area contributed by atoms with Gasteiger partial charge in [-0.1, -0.05) is 18.2 Å². The molecule has 1 atom stereocenters. The Balaban J connectivity index is 2.36. The normalized spacial score (nSPS) is 12.1. The summed E-state index contributed by atoms with van der Waals surface area (Å²) in [5.41, 5.74) is 0.825. The number of carbonyl (C=O) groups excluding carboxylic acids is 1. The van der Waals surface area contributed by atoms with Gasteiger partial charge in [-0.05, 0) is 26.0 Å². The molecule has 0 radical (unpaired) electrons. The summed E-state index contributed by atoms with van der Waals surface area (Å²) < 4.78 is 5.29. The number of benzene rings is 1. The summed E-state index contributed by atoms with van der Waals surface area (Å²) in [4.78, 5) is 11.5. The largest absolute Gasteiger partial charge is 0.378 e. The van der Waals surface area contributed by atoms with Crippen molar-refractivity contribution >= 4 is 11.6 Å². The summed E-state index contributed by atoms with van der Waals surface area (Å²) >= 11 is 0. The summed E-state index contributed by atoms with van der Waals surface area (Å²) in [6.45, 7) is 4.46. The van der Waals surface area contributed by atoms with E-state index in [4.69, 9.17) is 4.74 Å². The molecule has 0 aromatic heterocycles. The molecule has 0 spiro atoms. The second kappa shape index (κ2) is 6.19. The Hall–Kier alpha value is -1.35. The number of carbonyl (C=O) groups is 1. The van der Waals surface area contributed by atoms with Crippen LogP contribution >= 0.6 is 0 Å². The standard InChI is InChI=1S/C12H17NO2/c1-3-15-10(2)9-12(14)13-11-7-5-4-6-8-11/h4-8,10H,3,9H2,1-2H3,(H,13,14)/t10-/m1/s1. The minimum atomic E-state index is -0.0290. The van der Waals surface area contributed by atoms with E-state index >= 15 is 0 Å². The Kier molecular flexibility index (Phi) is 4.84. The first kappa shape index (κ1) is 11.7. The van der Waals surface area contributed by atoms with Gasteiger partial charge in [0.2, 0.25) is 5.91 Å². The van der Waals surface area contributed by atoms with Crippen molar-refractivity contribution in [3.8, 4) is 0 Å². The molecule has 1 aromatic carbocycles. The van der Waals surface area contributed by atoms with Crippen LogP contribution in [-0.4, -0.2) is 18.6 Å². The van der Waals surface area contributed by atoms with E-state index in [1.165, 1.54) is 0 Å². The van der Waals surface area contributed by atoms with E-state index in [0.717, 1.165) is 5.69 Å². The second-order valence-electron chi connectivity index (χ2n) is 3.38. The van der Waals surface area contributed by atoms with Gasteiger partial charge in [0.15, 0.2) is 0 Å². The maximum absolute atomic E-state index is 11.5. The zero-order valence-electron chi connectivity index (χ0n) is 9.19. The first-order valence-electron chi connectivity index (χ1n) is 5.19. The first-order valence-corrected chi connectivity index (χ1v) is 5.19. The van der Waals surface area contributed by atoms with Gasteiger partial charge in [0.1, 0.15) is 0 Å². The molecule has 1 N–H and O–H groups in total. The molecular weight excluding hydrogens is 190 g/mol. The van der Waals surface area contributed by atoms with Gasteiger partial charge in [0.25, 0.3) is 0 Å². The topological polar surface area (TPSA) is 38.3 Å². The van der Waals surface area contributed by atoms with Gasteiger partial charge in [-0.25, -0.2) is 0 Å². The van der Waals surface area contributed by atoms with Gasteiger partial charge in [-0.2, -0.15) is 0 Å². The van der Waals surface area contributed by atoms with E-state index in [1.807, 2.05) is 44.2 Å². The Morgan fingerprint density at radius 1 is 1.40 bits per heavy atom. The smallest absolute Gasteiger partial charge is 0.226 e. The lowest BCUT2D eigenvalue weighted by molar-refractivity contribution is -0.118. The molecule has 3 heteroatoms.